The highest BCUT2D eigenvalue weighted by molar-refractivity contribution is 9.10. The summed E-state index contributed by atoms with van der Waals surface area (Å²) in [6, 6.07) is 1.56. The second kappa shape index (κ2) is 3.79. The average Bonchev–Trinajstić information content (AvgIpc) is 2.69. The normalized spacial score (nSPS) is 10.7. The van der Waals surface area contributed by atoms with Crippen LogP contribution in [-0.2, 0) is 7.05 Å². The first-order valence-corrected chi connectivity index (χ1v) is 5.40. The van der Waals surface area contributed by atoms with Gasteiger partial charge in [0.1, 0.15) is 5.69 Å². The minimum Gasteiger partial charge on any atom is -0.477 e. The topological polar surface area (TPSA) is 60.0 Å². The fourth-order valence-electron chi connectivity index (χ4n) is 1.62. The average molecular weight is 284 g/mol. The minimum atomic E-state index is -0.964. The third kappa shape index (κ3) is 1.76. The Hall–Kier alpha value is -1.56. The molecular weight excluding hydrogens is 274 g/mol. The molecule has 0 aliphatic rings. The summed E-state index contributed by atoms with van der Waals surface area (Å²) in [7, 11) is 1.80. The smallest absolute Gasteiger partial charge is 0.352 e. The summed E-state index contributed by atoms with van der Waals surface area (Å²) in [6.45, 7) is 1.84. The Morgan fingerprint density at radius 3 is 2.69 bits per heavy atom. The number of hydrogen-bond acceptors (Lipinski definition) is 2. The zero-order valence-electron chi connectivity index (χ0n) is 8.81. The number of halogens is 1. The number of aromatic carboxylic acids is 1. The lowest BCUT2D eigenvalue weighted by Crippen LogP contribution is -2.05. The maximum Gasteiger partial charge on any atom is 0.352 e. The molecule has 2 rings (SSSR count). The van der Waals surface area contributed by atoms with Gasteiger partial charge in [-0.05, 0) is 28.9 Å². The van der Waals surface area contributed by atoms with E-state index >= 15 is 0 Å². The van der Waals surface area contributed by atoms with Crippen LogP contribution in [0.5, 0.6) is 0 Å². The van der Waals surface area contributed by atoms with Gasteiger partial charge in [0.2, 0.25) is 0 Å². The Morgan fingerprint density at radius 1 is 1.50 bits per heavy atom. The summed E-state index contributed by atoms with van der Waals surface area (Å²) in [4.78, 5) is 11.1. The lowest BCUT2D eigenvalue weighted by Gasteiger charge is -2.03. The molecule has 0 atom stereocenters. The molecule has 2 heterocycles. The Balaban J connectivity index is 2.63. The molecule has 1 N–H and O–H groups in total. The highest BCUT2D eigenvalue weighted by Gasteiger charge is 2.15. The summed E-state index contributed by atoms with van der Waals surface area (Å²) in [5, 5.41) is 13.3. The Bertz CT molecular complexity index is 556. The molecule has 84 valence electrons. The molecule has 5 nitrogen and oxygen atoms in total. The second-order valence-corrected chi connectivity index (χ2v) is 4.41. The lowest BCUT2D eigenvalue weighted by molar-refractivity contribution is 0.0688. The van der Waals surface area contributed by atoms with Gasteiger partial charge in [0.15, 0.2) is 0 Å². The van der Waals surface area contributed by atoms with Gasteiger partial charge in [0.05, 0.1) is 11.4 Å². The van der Waals surface area contributed by atoms with Crippen molar-refractivity contribution in [2.45, 2.75) is 6.92 Å². The van der Waals surface area contributed by atoms with Gasteiger partial charge in [-0.3, -0.25) is 4.68 Å². The number of hydrogen-bond donors (Lipinski definition) is 1. The van der Waals surface area contributed by atoms with Crippen LogP contribution in [0.1, 0.15) is 16.2 Å². The van der Waals surface area contributed by atoms with Gasteiger partial charge in [-0.2, -0.15) is 5.10 Å². The fraction of sp³-hybridized carbons (Fsp3) is 0.200. The molecule has 0 saturated carbocycles. The molecule has 2 aromatic rings. The fourth-order valence-corrected chi connectivity index (χ4v) is 2.04. The monoisotopic (exact) mass is 283 g/mol. The van der Waals surface area contributed by atoms with Crippen LogP contribution in [0.4, 0.5) is 0 Å². The molecule has 0 aliphatic carbocycles. The van der Waals surface area contributed by atoms with Crippen molar-refractivity contribution < 1.29 is 9.90 Å². The van der Waals surface area contributed by atoms with Crippen LogP contribution < -0.4 is 0 Å². The third-order valence-electron chi connectivity index (χ3n) is 2.25. The molecule has 0 saturated heterocycles. The Labute approximate surface area is 100 Å². The summed E-state index contributed by atoms with van der Waals surface area (Å²) in [5.41, 5.74) is 1.77. The van der Waals surface area contributed by atoms with Crippen LogP contribution in [0.25, 0.3) is 5.69 Å². The summed E-state index contributed by atoms with van der Waals surface area (Å²) in [5.74, 6) is -0.964. The van der Waals surface area contributed by atoms with E-state index < -0.39 is 5.97 Å². The van der Waals surface area contributed by atoms with E-state index in [0.717, 1.165) is 15.9 Å². The maximum atomic E-state index is 11.1. The van der Waals surface area contributed by atoms with E-state index in [9.17, 15) is 4.79 Å². The highest BCUT2D eigenvalue weighted by Crippen LogP contribution is 2.21. The molecule has 0 unspecified atom stereocenters. The molecule has 0 spiro atoms. The van der Waals surface area contributed by atoms with Crippen LogP contribution in [0.15, 0.2) is 22.9 Å². The molecule has 0 aromatic carbocycles. The van der Waals surface area contributed by atoms with Crippen molar-refractivity contribution in [1.29, 1.82) is 0 Å². The first kappa shape index (κ1) is 10.9. The van der Waals surface area contributed by atoms with Gasteiger partial charge >= 0.3 is 5.97 Å². The number of nitrogens with zero attached hydrogens (tertiary/aromatic N) is 3. The molecule has 16 heavy (non-hydrogen) atoms. The molecule has 2 aromatic heterocycles. The number of aryl methyl sites for hydroxylation is 2. The minimum absolute atomic E-state index is 0.211. The van der Waals surface area contributed by atoms with Crippen molar-refractivity contribution in [2.75, 3.05) is 0 Å². The molecule has 0 radical (unpaired) electrons. The van der Waals surface area contributed by atoms with Crippen molar-refractivity contribution >= 4 is 21.9 Å². The zero-order valence-corrected chi connectivity index (χ0v) is 10.4. The van der Waals surface area contributed by atoms with Gasteiger partial charge in [-0.25, -0.2) is 4.79 Å². The summed E-state index contributed by atoms with van der Waals surface area (Å²) in [6.07, 6.45) is 3.50. The molecular formula is C10H10BrN3O2. The quantitative estimate of drug-likeness (QED) is 0.917. The van der Waals surface area contributed by atoms with Crippen molar-refractivity contribution in [3.63, 3.8) is 0 Å². The van der Waals surface area contributed by atoms with Gasteiger partial charge in [0.25, 0.3) is 0 Å². The van der Waals surface area contributed by atoms with Crippen molar-refractivity contribution in [2.24, 2.45) is 7.05 Å². The van der Waals surface area contributed by atoms with Gasteiger partial charge in [0, 0.05) is 23.9 Å². The zero-order chi connectivity index (χ0) is 11.9. The second-order valence-electron chi connectivity index (χ2n) is 3.49. The van der Waals surface area contributed by atoms with Crippen LogP contribution >= 0.6 is 15.9 Å². The maximum absolute atomic E-state index is 11.1. The number of carboxylic acid groups (broad SMARTS) is 1. The van der Waals surface area contributed by atoms with Crippen LogP contribution in [0, 0.1) is 6.92 Å². The molecule has 0 fully saturated rings. The molecule has 6 heteroatoms. The summed E-state index contributed by atoms with van der Waals surface area (Å²) < 4.78 is 3.99. The van der Waals surface area contributed by atoms with E-state index in [2.05, 4.69) is 21.0 Å². The number of carboxylic acids is 1. The van der Waals surface area contributed by atoms with Crippen LogP contribution in [0.3, 0.4) is 0 Å². The molecule has 0 amide bonds. The largest absolute Gasteiger partial charge is 0.477 e. The van der Waals surface area contributed by atoms with E-state index in [-0.39, 0.29) is 5.69 Å². The van der Waals surface area contributed by atoms with Crippen LogP contribution in [-0.4, -0.2) is 25.4 Å². The molecule has 0 bridgehead atoms. The summed E-state index contributed by atoms with van der Waals surface area (Å²) >= 11 is 3.27. The first-order chi connectivity index (χ1) is 7.49. The first-order valence-electron chi connectivity index (χ1n) is 4.61. The highest BCUT2D eigenvalue weighted by atomic mass is 79.9. The van der Waals surface area contributed by atoms with Crippen molar-refractivity contribution in [3.8, 4) is 5.69 Å². The van der Waals surface area contributed by atoms with Gasteiger partial charge in [-0.1, -0.05) is 0 Å². The van der Waals surface area contributed by atoms with Crippen molar-refractivity contribution in [3.05, 3.63) is 34.3 Å². The van der Waals surface area contributed by atoms with Crippen LogP contribution in [0.2, 0.25) is 0 Å². The van der Waals surface area contributed by atoms with Gasteiger partial charge in [-0.15, -0.1) is 0 Å². The third-order valence-corrected chi connectivity index (χ3v) is 2.69. The number of aromatic nitrogens is 3. The number of rotatable bonds is 2. The van der Waals surface area contributed by atoms with Crippen molar-refractivity contribution in [1.82, 2.24) is 14.3 Å². The van der Waals surface area contributed by atoms with Gasteiger partial charge < -0.3 is 9.67 Å². The predicted octanol–water partition coefficient (Wildman–Crippen LogP) is 1.98. The Morgan fingerprint density at radius 2 is 2.19 bits per heavy atom. The molecule has 0 aliphatic heterocycles. The van der Waals surface area contributed by atoms with E-state index in [0.29, 0.717) is 0 Å². The van der Waals surface area contributed by atoms with E-state index in [1.165, 1.54) is 0 Å². The SMILES string of the molecule is Cc1nn(C)cc1-n1cc(Br)cc1C(=O)O. The van der Waals surface area contributed by atoms with E-state index in [1.54, 1.807) is 34.8 Å². The van der Waals surface area contributed by atoms with E-state index in [4.69, 9.17) is 5.11 Å². The predicted molar refractivity (Wildman–Crippen MR) is 61.9 cm³/mol. The number of carbonyl (C=O) groups is 1. The Kier molecular flexibility index (Phi) is 2.59. The lowest BCUT2D eigenvalue weighted by atomic mass is 10.3. The standard InChI is InChI=1S/C10H10BrN3O2/c1-6-9(5-13(2)12-6)14-4-7(11)3-8(14)10(15)16/h3-5H,1-2H3,(H,15,16). The van der Waals surface area contributed by atoms with E-state index in [1.807, 2.05) is 6.92 Å².